The molecule has 0 radical (unpaired) electrons. The molecule has 10 nitrogen and oxygen atoms in total. The van der Waals surface area contributed by atoms with Gasteiger partial charge in [-0.05, 0) is 12.5 Å². The van der Waals surface area contributed by atoms with Gasteiger partial charge in [-0.25, -0.2) is 0 Å². The summed E-state index contributed by atoms with van der Waals surface area (Å²) in [5.41, 5.74) is -4.46. The summed E-state index contributed by atoms with van der Waals surface area (Å²) < 4.78 is 51.2. The predicted octanol–water partition coefficient (Wildman–Crippen LogP) is 2.18. The molecule has 1 heterocycles. The second-order valence-electron chi connectivity index (χ2n) is 6.02. The van der Waals surface area contributed by atoms with Crippen LogP contribution in [0.15, 0.2) is 24.3 Å². The molecule has 0 saturated heterocycles. The molecule has 1 aromatic rings. The van der Waals surface area contributed by atoms with Crippen molar-refractivity contribution in [2.45, 2.75) is 37.8 Å². The minimum atomic E-state index is -5.22. The summed E-state index contributed by atoms with van der Waals surface area (Å²) in [5.74, 6) is -1.94. The summed E-state index contributed by atoms with van der Waals surface area (Å²) in [6, 6.07) is 4.66. The van der Waals surface area contributed by atoms with Gasteiger partial charge in [0.25, 0.3) is 16.7 Å². The summed E-state index contributed by atoms with van der Waals surface area (Å²) >= 11 is 0. The molecular weight excluding hydrogens is 405 g/mol. The van der Waals surface area contributed by atoms with E-state index in [1.165, 1.54) is 12.1 Å². The van der Waals surface area contributed by atoms with Gasteiger partial charge in [0.1, 0.15) is 6.10 Å². The zero-order chi connectivity index (χ0) is 21.8. The molecule has 0 saturated carbocycles. The maximum Gasteiger partial charge on any atom is 0.443 e. The normalized spacial score (nSPS) is 19.6. The number of amides is 1. The molecule has 2 atom stereocenters. The van der Waals surface area contributed by atoms with Gasteiger partial charge in [0.05, 0.1) is 18.8 Å². The maximum atomic E-state index is 13.9. The number of esters is 1. The lowest BCUT2D eigenvalue weighted by Gasteiger charge is -2.36. The Morgan fingerprint density at radius 1 is 1.31 bits per heavy atom. The number of carbonyl (C=O) groups excluding carboxylic acids is 2. The van der Waals surface area contributed by atoms with Gasteiger partial charge in [0.15, 0.2) is 0 Å². The number of benzene rings is 1. The van der Waals surface area contributed by atoms with Gasteiger partial charge in [-0.1, -0.05) is 18.2 Å². The number of alkyl halides is 3. The standard InChI is InChI=1S/C16H17F3N2O8/c1-10(22)27-8-6-11(29-21(25)26)7-9-28-15(16(17,18)19)13-5-3-2-4-12(13)14(23)20(15)24/h2-5,11,24H,6-9H2,1H3. The molecule has 2 rings (SSSR count). The molecule has 0 aromatic heterocycles. The topological polar surface area (TPSA) is 128 Å². The minimum Gasteiger partial charge on any atom is -0.466 e. The molecule has 0 fully saturated rings. The molecule has 1 aromatic carbocycles. The van der Waals surface area contributed by atoms with Crippen LogP contribution < -0.4 is 0 Å². The molecular formula is C16H17F3N2O8. The van der Waals surface area contributed by atoms with Crippen molar-refractivity contribution in [2.75, 3.05) is 13.2 Å². The van der Waals surface area contributed by atoms with Crippen molar-refractivity contribution in [3.63, 3.8) is 0 Å². The molecule has 0 aliphatic carbocycles. The van der Waals surface area contributed by atoms with Gasteiger partial charge in [-0.15, -0.1) is 10.1 Å². The summed E-state index contributed by atoms with van der Waals surface area (Å²) in [4.78, 5) is 37.7. The van der Waals surface area contributed by atoms with Crippen LogP contribution in [-0.4, -0.2) is 52.7 Å². The Labute approximate surface area is 161 Å². The average molecular weight is 422 g/mol. The highest BCUT2D eigenvalue weighted by Gasteiger charge is 2.68. The van der Waals surface area contributed by atoms with Crippen LogP contribution in [0.1, 0.15) is 35.7 Å². The van der Waals surface area contributed by atoms with E-state index in [1.54, 1.807) is 0 Å². The van der Waals surface area contributed by atoms with Crippen molar-refractivity contribution in [2.24, 2.45) is 0 Å². The van der Waals surface area contributed by atoms with Gasteiger partial charge >= 0.3 is 12.1 Å². The van der Waals surface area contributed by atoms with E-state index < -0.39 is 58.6 Å². The molecule has 2 unspecified atom stereocenters. The zero-order valence-electron chi connectivity index (χ0n) is 15.0. The van der Waals surface area contributed by atoms with Crippen molar-refractivity contribution < 1.29 is 47.4 Å². The van der Waals surface area contributed by atoms with Crippen molar-refractivity contribution in [1.82, 2.24) is 5.06 Å². The van der Waals surface area contributed by atoms with Gasteiger partial charge in [0.2, 0.25) is 0 Å². The highest BCUT2D eigenvalue weighted by Crippen LogP contribution is 2.49. The van der Waals surface area contributed by atoms with Crippen LogP contribution in [0.2, 0.25) is 0 Å². The molecule has 13 heteroatoms. The number of hydroxylamine groups is 2. The molecule has 1 aliphatic heterocycles. The van der Waals surface area contributed by atoms with E-state index in [2.05, 4.69) is 9.57 Å². The highest BCUT2D eigenvalue weighted by molar-refractivity contribution is 5.99. The number of ether oxygens (including phenoxy) is 2. The number of rotatable bonds is 9. The van der Waals surface area contributed by atoms with Crippen molar-refractivity contribution >= 4 is 11.9 Å². The first-order valence-corrected chi connectivity index (χ1v) is 8.29. The molecule has 0 bridgehead atoms. The van der Waals surface area contributed by atoms with Crippen molar-refractivity contribution in [3.05, 3.63) is 45.5 Å². The number of fused-ring (bicyclic) bond motifs is 1. The largest absolute Gasteiger partial charge is 0.466 e. The van der Waals surface area contributed by atoms with Crippen LogP contribution >= 0.6 is 0 Å². The van der Waals surface area contributed by atoms with Gasteiger partial charge in [0, 0.05) is 18.9 Å². The number of hydrogen-bond donors (Lipinski definition) is 1. The molecule has 160 valence electrons. The second-order valence-corrected chi connectivity index (χ2v) is 6.02. The van der Waals surface area contributed by atoms with Crippen LogP contribution in [0, 0.1) is 10.1 Å². The first-order chi connectivity index (χ1) is 13.5. The van der Waals surface area contributed by atoms with E-state index in [0.29, 0.717) is 0 Å². The lowest BCUT2D eigenvalue weighted by atomic mass is 10.0. The van der Waals surface area contributed by atoms with Gasteiger partial charge in [-0.2, -0.15) is 18.2 Å². The fraction of sp³-hybridized carbons (Fsp3) is 0.500. The first-order valence-electron chi connectivity index (χ1n) is 8.29. The Hall–Kier alpha value is -2.93. The third-order valence-electron chi connectivity index (χ3n) is 4.13. The van der Waals surface area contributed by atoms with E-state index in [1.807, 2.05) is 0 Å². The number of carbonyl (C=O) groups is 2. The van der Waals surface area contributed by atoms with Crippen LogP contribution in [0.5, 0.6) is 0 Å². The Morgan fingerprint density at radius 2 is 1.93 bits per heavy atom. The summed E-state index contributed by atoms with van der Waals surface area (Å²) in [7, 11) is 0. The van der Waals surface area contributed by atoms with Crippen molar-refractivity contribution in [3.8, 4) is 0 Å². The van der Waals surface area contributed by atoms with Gasteiger partial charge < -0.3 is 14.3 Å². The summed E-state index contributed by atoms with van der Waals surface area (Å²) in [6.45, 7) is 0.0897. The molecule has 29 heavy (non-hydrogen) atoms. The van der Waals surface area contributed by atoms with Crippen LogP contribution in [-0.2, 0) is 24.8 Å². The Morgan fingerprint density at radius 3 is 2.52 bits per heavy atom. The third kappa shape index (κ3) is 4.56. The van der Waals surface area contributed by atoms with E-state index >= 15 is 0 Å². The smallest absolute Gasteiger partial charge is 0.443 e. The molecule has 1 N–H and O–H groups in total. The quantitative estimate of drug-likeness (QED) is 0.278. The van der Waals surface area contributed by atoms with E-state index in [4.69, 9.17) is 4.74 Å². The molecule has 1 amide bonds. The average Bonchev–Trinajstić information content (AvgIpc) is 2.83. The number of hydrogen-bond acceptors (Lipinski definition) is 8. The highest BCUT2D eigenvalue weighted by atomic mass is 19.4. The first kappa shape index (κ1) is 22.4. The Kier molecular flexibility index (Phi) is 6.64. The van der Waals surface area contributed by atoms with E-state index in [0.717, 1.165) is 19.1 Å². The lowest BCUT2D eigenvalue weighted by molar-refractivity contribution is -0.769. The summed E-state index contributed by atoms with van der Waals surface area (Å²) in [6.07, 6.45) is -7.05. The van der Waals surface area contributed by atoms with E-state index in [-0.39, 0.29) is 18.6 Å². The van der Waals surface area contributed by atoms with Gasteiger partial charge in [-0.3, -0.25) is 14.8 Å². The number of halogens is 3. The van der Waals surface area contributed by atoms with E-state index in [9.17, 15) is 38.1 Å². The molecule has 0 spiro atoms. The summed E-state index contributed by atoms with van der Waals surface area (Å²) in [5, 5.41) is 18.8. The predicted molar refractivity (Wildman–Crippen MR) is 85.8 cm³/mol. The van der Waals surface area contributed by atoms with Crippen LogP contribution in [0.3, 0.4) is 0 Å². The van der Waals surface area contributed by atoms with Crippen molar-refractivity contribution in [1.29, 1.82) is 0 Å². The minimum absolute atomic E-state index is 0.179. The molecule has 1 aliphatic rings. The SMILES string of the molecule is CC(=O)OCCC(CCOC1(C(F)(F)F)c2ccccc2C(=O)N1O)O[N+](=O)[O-]. The monoisotopic (exact) mass is 422 g/mol. The zero-order valence-corrected chi connectivity index (χ0v) is 15.0. The Bertz CT molecular complexity index is 788. The third-order valence-corrected chi connectivity index (χ3v) is 4.13. The van der Waals surface area contributed by atoms with Crippen LogP contribution in [0.4, 0.5) is 13.2 Å². The number of nitrogens with zero attached hydrogens (tertiary/aromatic N) is 2. The fourth-order valence-corrected chi connectivity index (χ4v) is 2.87. The second kappa shape index (κ2) is 8.61. The lowest BCUT2D eigenvalue weighted by Crippen LogP contribution is -2.55. The Balaban J connectivity index is 2.18. The maximum absolute atomic E-state index is 13.9. The fourth-order valence-electron chi connectivity index (χ4n) is 2.87. The van der Waals surface area contributed by atoms with Crippen LogP contribution in [0.25, 0.3) is 0 Å².